The number of rotatable bonds is 4. The first-order valence-corrected chi connectivity index (χ1v) is 9.51. The van der Waals surface area contributed by atoms with Crippen LogP contribution in [0.5, 0.6) is 0 Å². The van der Waals surface area contributed by atoms with E-state index in [4.69, 9.17) is 9.73 Å². The van der Waals surface area contributed by atoms with Crippen LogP contribution in [0, 0.1) is 11.8 Å². The van der Waals surface area contributed by atoms with Crippen molar-refractivity contribution in [3.05, 3.63) is 22.5 Å². The average molecular weight is 346 g/mol. The Morgan fingerprint density at radius 3 is 2.52 bits per heavy atom. The van der Waals surface area contributed by atoms with Gasteiger partial charge in [0.1, 0.15) is 6.61 Å². The minimum Gasteiger partial charge on any atom is -0.478 e. The second-order valence-electron chi connectivity index (χ2n) is 8.11. The van der Waals surface area contributed by atoms with Crippen molar-refractivity contribution in [2.45, 2.75) is 71.8 Å². The molecule has 1 saturated carbocycles. The maximum absolute atomic E-state index is 12.1. The molecule has 2 aliphatic heterocycles. The molecular weight excluding hydrogens is 316 g/mol. The van der Waals surface area contributed by atoms with E-state index in [0.717, 1.165) is 36.2 Å². The summed E-state index contributed by atoms with van der Waals surface area (Å²) in [7, 11) is 0. The Balaban J connectivity index is 2.10. The predicted molar refractivity (Wildman–Crippen MR) is 98.3 cm³/mol. The van der Waals surface area contributed by atoms with Gasteiger partial charge < -0.3 is 15.2 Å². The molecule has 2 heterocycles. The molecule has 0 bridgehead atoms. The van der Waals surface area contributed by atoms with Crippen LogP contribution in [0.2, 0.25) is 0 Å². The molecule has 1 aliphatic carbocycles. The van der Waals surface area contributed by atoms with Crippen LogP contribution in [-0.2, 0) is 9.53 Å². The van der Waals surface area contributed by atoms with E-state index in [-0.39, 0.29) is 11.5 Å². The summed E-state index contributed by atoms with van der Waals surface area (Å²) in [6.07, 6.45) is 6.56. The smallest absolute Gasteiger partial charge is 0.333 e. The van der Waals surface area contributed by atoms with Gasteiger partial charge >= 0.3 is 5.97 Å². The third-order valence-electron chi connectivity index (χ3n) is 5.59. The van der Waals surface area contributed by atoms with Crippen molar-refractivity contribution in [1.29, 1.82) is 0 Å². The Morgan fingerprint density at radius 1 is 1.32 bits per heavy atom. The standard InChI is InChI=1S/C20H30N2O3/c1-5-14-17(18-22-20(3,4)11-25-18)16(13-9-7-6-8-10-13)15(19(23)24)12(2)21-14/h13,16,21H,5-11H2,1-4H3,(H,23,24). The lowest BCUT2D eigenvalue weighted by molar-refractivity contribution is -0.133. The van der Waals surface area contributed by atoms with E-state index in [9.17, 15) is 9.90 Å². The molecule has 138 valence electrons. The van der Waals surface area contributed by atoms with Gasteiger partial charge in [0.2, 0.25) is 5.90 Å². The normalized spacial score (nSPS) is 27.0. The summed E-state index contributed by atoms with van der Waals surface area (Å²) in [6.45, 7) is 8.63. The molecule has 5 heteroatoms. The number of carboxylic acids is 1. The van der Waals surface area contributed by atoms with E-state index in [0.29, 0.717) is 24.0 Å². The Bertz CT molecular complexity index is 652. The first-order valence-electron chi connectivity index (χ1n) is 9.51. The molecule has 0 aromatic carbocycles. The number of ether oxygens (including phenoxy) is 1. The Kier molecular flexibility index (Phi) is 4.94. The number of aliphatic carboxylic acids is 1. The van der Waals surface area contributed by atoms with Crippen LogP contribution >= 0.6 is 0 Å². The van der Waals surface area contributed by atoms with Crippen molar-refractivity contribution in [1.82, 2.24) is 5.32 Å². The van der Waals surface area contributed by atoms with Gasteiger partial charge in [0.15, 0.2) is 0 Å². The fourth-order valence-corrected chi connectivity index (χ4v) is 4.42. The summed E-state index contributed by atoms with van der Waals surface area (Å²) in [6, 6.07) is 0. The molecule has 5 nitrogen and oxygen atoms in total. The first kappa shape index (κ1) is 18.0. The lowest BCUT2D eigenvalue weighted by atomic mass is 9.70. The molecule has 1 unspecified atom stereocenters. The molecule has 0 amide bonds. The quantitative estimate of drug-likeness (QED) is 0.807. The zero-order valence-corrected chi connectivity index (χ0v) is 15.8. The van der Waals surface area contributed by atoms with Crippen LogP contribution in [0.15, 0.2) is 27.5 Å². The van der Waals surface area contributed by atoms with E-state index in [1.807, 2.05) is 6.92 Å². The zero-order chi connectivity index (χ0) is 18.2. The molecule has 0 aromatic heterocycles. The minimum absolute atomic E-state index is 0.123. The number of allylic oxidation sites excluding steroid dienone is 2. The van der Waals surface area contributed by atoms with E-state index in [1.165, 1.54) is 19.3 Å². The molecule has 0 radical (unpaired) electrons. The van der Waals surface area contributed by atoms with Gasteiger partial charge in [-0.1, -0.05) is 26.2 Å². The van der Waals surface area contributed by atoms with E-state index in [2.05, 4.69) is 26.1 Å². The van der Waals surface area contributed by atoms with Crippen LogP contribution in [0.25, 0.3) is 0 Å². The number of nitrogens with one attached hydrogen (secondary N) is 1. The lowest BCUT2D eigenvalue weighted by Crippen LogP contribution is -2.37. The van der Waals surface area contributed by atoms with E-state index >= 15 is 0 Å². The highest BCUT2D eigenvalue weighted by atomic mass is 16.5. The van der Waals surface area contributed by atoms with Crippen molar-refractivity contribution in [2.24, 2.45) is 16.8 Å². The lowest BCUT2D eigenvalue weighted by Gasteiger charge is -2.37. The topological polar surface area (TPSA) is 70.9 Å². The van der Waals surface area contributed by atoms with Gasteiger partial charge in [-0.3, -0.25) is 0 Å². The van der Waals surface area contributed by atoms with Gasteiger partial charge in [0.25, 0.3) is 0 Å². The Morgan fingerprint density at radius 2 is 2.00 bits per heavy atom. The highest BCUT2D eigenvalue weighted by Gasteiger charge is 2.42. The molecule has 1 fully saturated rings. The fourth-order valence-electron chi connectivity index (χ4n) is 4.42. The number of carboxylic acid groups (broad SMARTS) is 1. The average Bonchev–Trinajstić information content (AvgIpc) is 2.93. The fraction of sp³-hybridized carbons (Fsp3) is 0.700. The summed E-state index contributed by atoms with van der Waals surface area (Å²) in [5.74, 6) is 0.0485. The molecule has 0 aromatic rings. The molecule has 2 N–H and O–H groups in total. The summed E-state index contributed by atoms with van der Waals surface area (Å²) in [5, 5.41) is 13.3. The zero-order valence-electron chi connectivity index (χ0n) is 15.8. The molecule has 1 atom stereocenters. The van der Waals surface area contributed by atoms with Gasteiger partial charge in [-0.05, 0) is 46.0 Å². The molecule has 3 aliphatic rings. The second-order valence-corrected chi connectivity index (χ2v) is 8.11. The maximum atomic E-state index is 12.1. The number of carbonyl (C=O) groups is 1. The molecular formula is C20H30N2O3. The van der Waals surface area contributed by atoms with Crippen molar-refractivity contribution in [3.8, 4) is 0 Å². The second kappa shape index (κ2) is 6.85. The van der Waals surface area contributed by atoms with Gasteiger partial charge in [-0.25, -0.2) is 9.79 Å². The summed E-state index contributed by atoms with van der Waals surface area (Å²) in [4.78, 5) is 16.9. The number of hydrogen-bond acceptors (Lipinski definition) is 4. The third-order valence-corrected chi connectivity index (χ3v) is 5.59. The largest absolute Gasteiger partial charge is 0.478 e. The number of hydrogen-bond donors (Lipinski definition) is 2. The summed E-state index contributed by atoms with van der Waals surface area (Å²) < 4.78 is 5.96. The Labute approximate surface area is 150 Å². The van der Waals surface area contributed by atoms with Crippen molar-refractivity contribution in [2.75, 3.05) is 6.61 Å². The SMILES string of the molecule is CCC1=C(C2=NC(C)(C)CO2)C(C2CCCCC2)C(C(=O)O)=C(C)N1. The third kappa shape index (κ3) is 3.46. The minimum atomic E-state index is -0.828. The van der Waals surface area contributed by atoms with Crippen molar-refractivity contribution in [3.63, 3.8) is 0 Å². The van der Waals surface area contributed by atoms with Gasteiger partial charge in [-0.15, -0.1) is 0 Å². The number of nitrogens with zero attached hydrogens (tertiary/aromatic N) is 1. The first-order chi connectivity index (χ1) is 11.8. The summed E-state index contributed by atoms with van der Waals surface area (Å²) in [5.41, 5.74) is 3.06. The predicted octanol–water partition coefficient (Wildman–Crippen LogP) is 4.02. The molecule has 0 saturated heterocycles. The highest BCUT2D eigenvalue weighted by molar-refractivity contribution is 6.00. The van der Waals surface area contributed by atoms with Crippen LogP contribution in [0.4, 0.5) is 0 Å². The molecule has 3 rings (SSSR count). The van der Waals surface area contributed by atoms with E-state index < -0.39 is 5.97 Å². The van der Waals surface area contributed by atoms with Crippen LogP contribution in [-0.4, -0.2) is 29.1 Å². The van der Waals surface area contributed by atoms with Gasteiger partial charge in [0.05, 0.1) is 11.1 Å². The monoisotopic (exact) mass is 346 g/mol. The highest BCUT2D eigenvalue weighted by Crippen LogP contribution is 2.44. The maximum Gasteiger partial charge on any atom is 0.333 e. The number of dihydropyridines is 1. The van der Waals surface area contributed by atoms with Crippen LogP contribution < -0.4 is 5.32 Å². The molecule has 25 heavy (non-hydrogen) atoms. The Hall–Kier alpha value is -1.78. The van der Waals surface area contributed by atoms with Crippen molar-refractivity contribution < 1.29 is 14.6 Å². The molecule has 0 spiro atoms. The van der Waals surface area contributed by atoms with Crippen LogP contribution in [0.1, 0.15) is 66.2 Å². The van der Waals surface area contributed by atoms with E-state index in [1.54, 1.807) is 0 Å². The van der Waals surface area contributed by atoms with Gasteiger partial charge in [-0.2, -0.15) is 0 Å². The number of aliphatic imine (C=N–C) groups is 1. The van der Waals surface area contributed by atoms with Crippen molar-refractivity contribution >= 4 is 11.9 Å². The van der Waals surface area contributed by atoms with Gasteiger partial charge in [0, 0.05) is 22.9 Å². The summed E-state index contributed by atoms with van der Waals surface area (Å²) >= 11 is 0. The van der Waals surface area contributed by atoms with Crippen LogP contribution in [0.3, 0.4) is 0 Å².